The van der Waals surface area contributed by atoms with Gasteiger partial charge in [-0.1, -0.05) is 47.5 Å². The number of nitrogens with one attached hydrogen (secondary N) is 2. The van der Waals surface area contributed by atoms with Crippen LogP contribution in [0.5, 0.6) is 0 Å². The van der Waals surface area contributed by atoms with E-state index in [-0.39, 0.29) is 4.90 Å². The number of aromatic nitrogens is 2. The fourth-order valence-electron chi connectivity index (χ4n) is 3.02. The first kappa shape index (κ1) is 17.6. The summed E-state index contributed by atoms with van der Waals surface area (Å²) in [5, 5.41) is 1.08. The Morgan fingerprint density at radius 2 is 1.89 bits per heavy atom. The molecule has 136 valence electrons. The van der Waals surface area contributed by atoms with Crippen molar-refractivity contribution in [1.29, 1.82) is 0 Å². The molecule has 0 bridgehead atoms. The molecule has 0 saturated heterocycles. The smallest absolute Gasteiger partial charge is 0.261 e. The number of fused-ring (bicyclic) bond motifs is 1. The minimum absolute atomic E-state index is 0.104. The summed E-state index contributed by atoms with van der Waals surface area (Å²) in [7, 11) is -3.79. The zero-order valence-corrected chi connectivity index (χ0v) is 16.0. The lowest BCUT2D eigenvalue weighted by Crippen LogP contribution is -2.13. The molecule has 5 nitrogen and oxygen atoms in total. The van der Waals surface area contributed by atoms with Crippen molar-refractivity contribution in [3.8, 4) is 11.1 Å². The average Bonchev–Trinajstić information content (AvgIpc) is 3.07. The summed E-state index contributed by atoms with van der Waals surface area (Å²) in [6.07, 6.45) is 3.40. The van der Waals surface area contributed by atoms with Gasteiger partial charge in [0.25, 0.3) is 10.0 Å². The number of hydrogen-bond acceptors (Lipinski definition) is 3. The number of aryl methyl sites for hydroxylation is 1. The van der Waals surface area contributed by atoms with Crippen LogP contribution in [-0.2, 0) is 10.0 Å². The predicted molar refractivity (Wildman–Crippen MR) is 109 cm³/mol. The van der Waals surface area contributed by atoms with Crippen molar-refractivity contribution in [1.82, 2.24) is 9.97 Å². The van der Waals surface area contributed by atoms with Gasteiger partial charge >= 0.3 is 0 Å². The van der Waals surface area contributed by atoms with Crippen molar-refractivity contribution in [2.75, 3.05) is 4.72 Å². The number of sulfonamides is 1. The average molecular weight is 398 g/mol. The largest absolute Gasteiger partial charge is 0.345 e. The van der Waals surface area contributed by atoms with E-state index in [1.165, 1.54) is 12.1 Å². The number of halogens is 1. The van der Waals surface area contributed by atoms with Gasteiger partial charge in [0.2, 0.25) is 0 Å². The van der Waals surface area contributed by atoms with Crippen LogP contribution in [0.2, 0.25) is 5.02 Å². The molecular weight excluding hydrogens is 382 g/mol. The summed E-state index contributed by atoms with van der Waals surface area (Å²) >= 11 is 5.94. The lowest BCUT2D eigenvalue weighted by Gasteiger charge is -2.11. The van der Waals surface area contributed by atoms with Gasteiger partial charge in [0.05, 0.1) is 16.0 Å². The third kappa shape index (κ3) is 3.41. The van der Waals surface area contributed by atoms with Crippen LogP contribution in [0.25, 0.3) is 22.2 Å². The highest BCUT2D eigenvalue weighted by atomic mass is 35.5. The Morgan fingerprint density at radius 3 is 2.67 bits per heavy atom. The Morgan fingerprint density at radius 1 is 1.07 bits per heavy atom. The first-order valence-corrected chi connectivity index (χ1v) is 10.1. The summed E-state index contributed by atoms with van der Waals surface area (Å²) in [5.41, 5.74) is 4.05. The Balaban J connectivity index is 1.84. The van der Waals surface area contributed by atoms with Gasteiger partial charge in [-0.25, -0.2) is 13.4 Å². The van der Waals surface area contributed by atoms with Crippen molar-refractivity contribution in [2.45, 2.75) is 11.8 Å². The molecule has 0 aliphatic carbocycles. The molecule has 27 heavy (non-hydrogen) atoms. The van der Waals surface area contributed by atoms with Crippen molar-refractivity contribution in [3.63, 3.8) is 0 Å². The molecule has 2 aromatic carbocycles. The first-order valence-electron chi connectivity index (χ1n) is 8.25. The van der Waals surface area contributed by atoms with Crippen LogP contribution in [0, 0.1) is 6.92 Å². The van der Waals surface area contributed by atoms with E-state index < -0.39 is 10.0 Å². The van der Waals surface area contributed by atoms with Crippen LogP contribution in [0.4, 0.5) is 5.69 Å². The van der Waals surface area contributed by atoms with Crippen molar-refractivity contribution >= 4 is 38.3 Å². The molecule has 4 aromatic rings. The highest BCUT2D eigenvalue weighted by molar-refractivity contribution is 7.92. The maximum Gasteiger partial charge on any atom is 0.261 e. The van der Waals surface area contributed by atoms with Gasteiger partial charge in [-0.05, 0) is 36.8 Å². The highest BCUT2D eigenvalue weighted by Crippen LogP contribution is 2.34. The standard InChI is InChI=1S/C20H16ClN3O2S/c1-13-4-2-5-14(10-13)17-12-23-20-19(17)18(8-9-22-20)24-27(25,26)16-7-3-6-15(21)11-16/h2-12H,1H3,(H2,22,23,24). The van der Waals surface area contributed by atoms with Gasteiger partial charge in [-0.3, -0.25) is 4.72 Å². The summed E-state index contributed by atoms with van der Waals surface area (Å²) in [5.74, 6) is 0. The van der Waals surface area contributed by atoms with Crippen LogP contribution < -0.4 is 4.72 Å². The maximum atomic E-state index is 12.8. The van der Waals surface area contributed by atoms with Gasteiger partial charge in [0, 0.05) is 23.0 Å². The lowest BCUT2D eigenvalue weighted by atomic mass is 10.0. The molecule has 2 N–H and O–H groups in total. The van der Waals surface area contributed by atoms with Gasteiger partial charge in [-0.2, -0.15) is 0 Å². The molecular formula is C20H16ClN3O2S. The minimum atomic E-state index is -3.79. The van der Waals surface area contributed by atoms with Gasteiger partial charge in [0.15, 0.2) is 0 Å². The second kappa shape index (κ2) is 6.72. The molecule has 0 amide bonds. The number of aromatic amines is 1. The van der Waals surface area contributed by atoms with E-state index >= 15 is 0 Å². The van der Waals surface area contributed by atoms with Gasteiger partial charge in [-0.15, -0.1) is 0 Å². The number of pyridine rings is 1. The molecule has 0 atom stereocenters. The number of H-pyrrole nitrogens is 1. The Bertz CT molecular complexity index is 1250. The fourth-order valence-corrected chi connectivity index (χ4v) is 4.39. The molecule has 4 rings (SSSR count). The quantitative estimate of drug-likeness (QED) is 0.509. The number of nitrogens with zero attached hydrogens (tertiary/aromatic N) is 1. The Hall–Kier alpha value is -2.83. The molecule has 0 saturated carbocycles. The normalized spacial score (nSPS) is 11.6. The molecule has 0 aliphatic rings. The SMILES string of the molecule is Cc1cccc(-c2c[nH]c3nccc(NS(=O)(=O)c4cccc(Cl)c4)c23)c1. The molecule has 0 aliphatic heterocycles. The molecule has 7 heteroatoms. The second-order valence-corrected chi connectivity index (χ2v) is 8.34. The van der Waals surface area contributed by atoms with Crippen molar-refractivity contribution in [2.24, 2.45) is 0 Å². The van der Waals surface area contributed by atoms with E-state index in [0.29, 0.717) is 21.7 Å². The number of anilines is 1. The van der Waals surface area contributed by atoms with E-state index in [9.17, 15) is 8.42 Å². The number of rotatable bonds is 4. The van der Waals surface area contributed by atoms with Crippen LogP contribution in [0.3, 0.4) is 0 Å². The predicted octanol–water partition coefficient (Wildman–Crippen LogP) is 4.99. The fraction of sp³-hybridized carbons (Fsp3) is 0.0500. The van der Waals surface area contributed by atoms with Crippen LogP contribution in [-0.4, -0.2) is 18.4 Å². The third-order valence-electron chi connectivity index (χ3n) is 4.25. The van der Waals surface area contributed by atoms with Crippen molar-refractivity contribution < 1.29 is 8.42 Å². The van der Waals surface area contributed by atoms with E-state index in [1.54, 1.807) is 24.4 Å². The van der Waals surface area contributed by atoms with Crippen LogP contribution in [0.1, 0.15) is 5.56 Å². The van der Waals surface area contributed by atoms with E-state index in [4.69, 9.17) is 11.6 Å². The third-order valence-corrected chi connectivity index (χ3v) is 5.85. The van der Waals surface area contributed by atoms with Crippen molar-refractivity contribution in [3.05, 3.63) is 77.6 Å². The Kier molecular flexibility index (Phi) is 4.37. The maximum absolute atomic E-state index is 12.8. The van der Waals surface area contributed by atoms with Gasteiger partial charge in [0.1, 0.15) is 5.65 Å². The highest BCUT2D eigenvalue weighted by Gasteiger charge is 2.18. The molecule has 2 heterocycles. The summed E-state index contributed by atoms with van der Waals surface area (Å²) in [4.78, 5) is 7.53. The lowest BCUT2D eigenvalue weighted by molar-refractivity contribution is 0.601. The molecule has 2 aromatic heterocycles. The number of hydrogen-bond donors (Lipinski definition) is 2. The first-order chi connectivity index (χ1) is 12.9. The zero-order chi connectivity index (χ0) is 19.0. The summed E-state index contributed by atoms with van der Waals surface area (Å²) in [6, 6.07) is 15.8. The molecule has 0 fully saturated rings. The van der Waals surface area contributed by atoms with E-state index in [1.807, 2.05) is 37.4 Å². The Labute approximate surface area is 162 Å². The zero-order valence-electron chi connectivity index (χ0n) is 14.4. The molecule has 0 radical (unpaired) electrons. The molecule has 0 spiro atoms. The monoisotopic (exact) mass is 397 g/mol. The molecule has 0 unspecified atom stereocenters. The topological polar surface area (TPSA) is 74.8 Å². The van der Waals surface area contributed by atoms with Crippen LogP contribution in [0.15, 0.2) is 71.9 Å². The van der Waals surface area contributed by atoms with Gasteiger partial charge < -0.3 is 4.98 Å². The van der Waals surface area contributed by atoms with E-state index in [0.717, 1.165) is 16.7 Å². The van der Waals surface area contributed by atoms with Crippen LogP contribution >= 0.6 is 11.6 Å². The summed E-state index contributed by atoms with van der Waals surface area (Å²) in [6.45, 7) is 2.01. The summed E-state index contributed by atoms with van der Waals surface area (Å²) < 4.78 is 28.3. The second-order valence-electron chi connectivity index (χ2n) is 6.22. The number of benzene rings is 2. The minimum Gasteiger partial charge on any atom is -0.345 e. The van der Waals surface area contributed by atoms with E-state index in [2.05, 4.69) is 14.7 Å².